The van der Waals surface area contributed by atoms with Crippen molar-refractivity contribution in [2.75, 3.05) is 13.1 Å². The molecule has 2 aromatic rings. The van der Waals surface area contributed by atoms with Crippen LogP contribution in [0.25, 0.3) is 0 Å². The van der Waals surface area contributed by atoms with E-state index in [0.29, 0.717) is 12.0 Å². The third kappa shape index (κ3) is 3.19. The predicted octanol–water partition coefficient (Wildman–Crippen LogP) is 3.53. The smallest absolute Gasteiger partial charge is 0.229 e. The Balaban J connectivity index is 1.71. The van der Waals surface area contributed by atoms with Crippen LogP contribution in [0.15, 0.2) is 29.0 Å². The Hall–Kier alpha value is -1.75. The van der Waals surface area contributed by atoms with E-state index in [2.05, 4.69) is 52.9 Å². The van der Waals surface area contributed by atoms with Gasteiger partial charge in [0.05, 0.1) is 0 Å². The van der Waals surface area contributed by atoms with Gasteiger partial charge in [0.25, 0.3) is 0 Å². The molecular formula is C17H24N4O. The van der Waals surface area contributed by atoms with E-state index < -0.39 is 0 Å². The maximum absolute atomic E-state index is 5.37. The first-order valence-electron chi connectivity index (χ1n) is 8.12. The van der Waals surface area contributed by atoms with E-state index in [4.69, 9.17) is 4.52 Å². The fourth-order valence-electron chi connectivity index (χ4n) is 3.07. The number of aromatic nitrogens is 3. The predicted molar refractivity (Wildman–Crippen MR) is 84.6 cm³/mol. The number of pyridine rings is 1. The standard InChI is InChI=1S/C17H24N4O/c1-12(2)17-19-16(20-22-17)15-5-4-10-21(11-15)13(3)14-6-8-18-9-7-14/h6-9,12-13,15H,4-5,10-11H2,1-3H3. The molecule has 1 aliphatic rings. The summed E-state index contributed by atoms with van der Waals surface area (Å²) in [6.07, 6.45) is 6.03. The van der Waals surface area contributed by atoms with Gasteiger partial charge in [0.15, 0.2) is 5.82 Å². The summed E-state index contributed by atoms with van der Waals surface area (Å²) in [4.78, 5) is 11.2. The van der Waals surface area contributed by atoms with Crippen molar-refractivity contribution in [1.82, 2.24) is 20.0 Å². The van der Waals surface area contributed by atoms with E-state index in [-0.39, 0.29) is 5.92 Å². The number of nitrogens with zero attached hydrogens (tertiary/aromatic N) is 4. The van der Waals surface area contributed by atoms with Crippen LogP contribution in [0.2, 0.25) is 0 Å². The number of likely N-dealkylation sites (tertiary alicyclic amines) is 1. The Labute approximate surface area is 131 Å². The molecular weight excluding hydrogens is 276 g/mol. The molecule has 5 heteroatoms. The van der Waals surface area contributed by atoms with Gasteiger partial charge in [0, 0.05) is 36.8 Å². The first-order chi connectivity index (χ1) is 10.6. The molecule has 0 radical (unpaired) electrons. The van der Waals surface area contributed by atoms with Crippen LogP contribution >= 0.6 is 0 Å². The largest absolute Gasteiger partial charge is 0.339 e. The van der Waals surface area contributed by atoms with Crippen molar-refractivity contribution in [3.05, 3.63) is 41.8 Å². The quantitative estimate of drug-likeness (QED) is 0.864. The zero-order valence-corrected chi connectivity index (χ0v) is 13.6. The summed E-state index contributed by atoms with van der Waals surface area (Å²) in [6, 6.07) is 4.58. The number of rotatable bonds is 4. The van der Waals surface area contributed by atoms with Gasteiger partial charge in [-0.1, -0.05) is 19.0 Å². The fourth-order valence-corrected chi connectivity index (χ4v) is 3.07. The third-order valence-electron chi connectivity index (χ3n) is 4.51. The topological polar surface area (TPSA) is 55.1 Å². The molecule has 2 unspecified atom stereocenters. The van der Waals surface area contributed by atoms with E-state index in [1.54, 1.807) is 0 Å². The van der Waals surface area contributed by atoms with Crippen LogP contribution < -0.4 is 0 Å². The van der Waals surface area contributed by atoms with Crippen LogP contribution in [0.4, 0.5) is 0 Å². The van der Waals surface area contributed by atoms with Crippen molar-refractivity contribution in [3.63, 3.8) is 0 Å². The van der Waals surface area contributed by atoms with Gasteiger partial charge in [-0.2, -0.15) is 4.98 Å². The molecule has 0 aromatic carbocycles. The van der Waals surface area contributed by atoms with Gasteiger partial charge in [-0.15, -0.1) is 0 Å². The van der Waals surface area contributed by atoms with Gasteiger partial charge < -0.3 is 4.52 Å². The number of hydrogen-bond acceptors (Lipinski definition) is 5. The highest BCUT2D eigenvalue weighted by Gasteiger charge is 2.28. The van der Waals surface area contributed by atoms with Crippen LogP contribution in [-0.2, 0) is 0 Å². The molecule has 22 heavy (non-hydrogen) atoms. The van der Waals surface area contributed by atoms with Crippen LogP contribution in [0.1, 0.15) is 68.8 Å². The lowest BCUT2D eigenvalue weighted by atomic mass is 9.95. The average Bonchev–Trinajstić information content (AvgIpc) is 3.05. The Morgan fingerprint density at radius 1 is 1.23 bits per heavy atom. The maximum atomic E-state index is 5.37. The maximum Gasteiger partial charge on any atom is 0.229 e. The summed E-state index contributed by atoms with van der Waals surface area (Å²) in [5.41, 5.74) is 1.31. The second-order valence-electron chi connectivity index (χ2n) is 6.44. The van der Waals surface area contributed by atoms with Crippen LogP contribution in [0.3, 0.4) is 0 Å². The van der Waals surface area contributed by atoms with Gasteiger partial charge in [0.2, 0.25) is 5.89 Å². The number of piperidine rings is 1. The van der Waals surface area contributed by atoms with Crippen molar-refractivity contribution in [1.29, 1.82) is 0 Å². The second-order valence-corrected chi connectivity index (χ2v) is 6.44. The van der Waals surface area contributed by atoms with Crippen molar-refractivity contribution in [2.24, 2.45) is 0 Å². The summed E-state index contributed by atoms with van der Waals surface area (Å²) in [5, 5.41) is 4.20. The molecule has 5 nitrogen and oxygen atoms in total. The molecule has 3 heterocycles. The van der Waals surface area contributed by atoms with Crippen molar-refractivity contribution in [3.8, 4) is 0 Å². The van der Waals surface area contributed by atoms with Crippen molar-refractivity contribution >= 4 is 0 Å². The Morgan fingerprint density at radius 2 is 2.00 bits per heavy atom. The highest BCUT2D eigenvalue weighted by atomic mass is 16.5. The summed E-state index contributed by atoms with van der Waals surface area (Å²) in [6.45, 7) is 8.52. The van der Waals surface area contributed by atoms with Crippen LogP contribution in [-0.4, -0.2) is 33.1 Å². The fraction of sp³-hybridized carbons (Fsp3) is 0.588. The normalized spacial score (nSPS) is 21.2. The van der Waals surface area contributed by atoms with E-state index in [9.17, 15) is 0 Å². The van der Waals surface area contributed by atoms with Crippen molar-refractivity contribution < 1.29 is 4.52 Å². The average molecular weight is 300 g/mol. The van der Waals surface area contributed by atoms with E-state index >= 15 is 0 Å². The molecule has 0 N–H and O–H groups in total. The molecule has 0 amide bonds. The summed E-state index contributed by atoms with van der Waals surface area (Å²) < 4.78 is 5.37. The molecule has 1 fully saturated rings. The number of hydrogen-bond donors (Lipinski definition) is 0. The Morgan fingerprint density at radius 3 is 2.68 bits per heavy atom. The Kier molecular flexibility index (Phi) is 4.52. The summed E-state index contributed by atoms with van der Waals surface area (Å²) in [7, 11) is 0. The first-order valence-corrected chi connectivity index (χ1v) is 8.12. The minimum Gasteiger partial charge on any atom is -0.339 e. The molecule has 0 aliphatic carbocycles. The molecule has 2 aromatic heterocycles. The molecule has 0 bridgehead atoms. The molecule has 0 spiro atoms. The minimum absolute atomic E-state index is 0.289. The summed E-state index contributed by atoms with van der Waals surface area (Å²) >= 11 is 0. The van der Waals surface area contributed by atoms with E-state index in [1.807, 2.05) is 12.4 Å². The zero-order chi connectivity index (χ0) is 15.5. The summed E-state index contributed by atoms with van der Waals surface area (Å²) in [5.74, 6) is 2.27. The van der Waals surface area contributed by atoms with Crippen LogP contribution in [0.5, 0.6) is 0 Å². The van der Waals surface area contributed by atoms with E-state index in [0.717, 1.165) is 31.2 Å². The molecule has 118 valence electrons. The van der Waals surface area contributed by atoms with E-state index in [1.165, 1.54) is 12.0 Å². The van der Waals surface area contributed by atoms with Crippen LogP contribution in [0, 0.1) is 0 Å². The molecule has 2 atom stereocenters. The first kappa shape index (κ1) is 15.2. The molecule has 1 aliphatic heterocycles. The third-order valence-corrected chi connectivity index (χ3v) is 4.51. The zero-order valence-electron chi connectivity index (χ0n) is 13.6. The van der Waals surface area contributed by atoms with Gasteiger partial charge in [0.1, 0.15) is 0 Å². The highest BCUT2D eigenvalue weighted by molar-refractivity contribution is 5.15. The minimum atomic E-state index is 0.289. The second kappa shape index (κ2) is 6.57. The lowest BCUT2D eigenvalue weighted by molar-refractivity contribution is 0.154. The highest BCUT2D eigenvalue weighted by Crippen LogP contribution is 2.31. The molecule has 3 rings (SSSR count). The van der Waals surface area contributed by atoms with Gasteiger partial charge >= 0.3 is 0 Å². The lowest BCUT2D eigenvalue weighted by Gasteiger charge is -2.35. The Bertz CT molecular complexity index is 596. The van der Waals surface area contributed by atoms with Gasteiger partial charge in [-0.25, -0.2) is 0 Å². The van der Waals surface area contributed by atoms with Crippen molar-refractivity contribution in [2.45, 2.75) is 51.5 Å². The lowest BCUT2D eigenvalue weighted by Crippen LogP contribution is -2.36. The monoisotopic (exact) mass is 300 g/mol. The molecule has 1 saturated heterocycles. The van der Waals surface area contributed by atoms with Gasteiger partial charge in [-0.05, 0) is 44.0 Å². The molecule has 0 saturated carbocycles. The van der Waals surface area contributed by atoms with Gasteiger partial charge in [-0.3, -0.25) is 9.88 Å². The SMILES string of the molecule is CC(C)c1nc(C2CCCN(C(C)c3ccncc3)C2)no1.